The van der Waals surface area contributed by atoms with Crippen LogP contribution < -0.4 is 0 Å². The van der Waals surface area contributed by atoms with Crippen molar-refractivity contribution in [1.82, 2.24) is 0 Å². The zero-order chi connectivity index (χ0) is 20.4. The van der Waals surface area contributed by atoms with Crippen molar-refractivity contribution in [2.45, 2.75) is 103 Å². The Bertz CT molecular complexity index is 377. The summed E-state index contributed by atoms with van der Waals surface area (Å²) in [6.45, 7) is 2.89. The van der Waals surface area contributed by atoms with Crippen LogP contribution in [0.25, 0.3) is 0 Å². The maximum Gasteiger partial charge on any atom is 0.0774 e. The number of carbonyl (C=O) groups is 1. The zero-order valence-electron chi connectivity index (χ0n) is 18.6. The largest absolute Gasteiger partial charge is 0.427 e. The highest BCUT2D eigenvalue weighted by atomic mass is 31.1. The summed E-state index contributed by atoms with van der Waals surface area (Å²) in [6.07, 6.45) is 21.9. The minimum absolute atomic E-state index is 0.188. The van der Waals surface area contributed by atoms with Gasteiger partial charge < -0.3 is 23.0 Å². The molecule has 0 amide bonds. The van der Waals surface area contributed by atoms with E-state index in [2.05, 4.69) is 19.1 Å². The third-order valence-electron chi connectivity index (χ3n) is 4.66. The van der Waals surface area contributed by atoms with E-state index in [4.69, 9.17) is 0 Å². The molecule has 4 heteroatoms. The minimum atomic E-state index is -0.527. The lowest BCUT2D eigenvalue weighted by Gasteiger charge is -2.32. The van der Waals surface area contributed by atoms with Crippen molar-refractivity contribution in [3.8, 4) is 0 Å². The molecule has 0 aliphatic rings. The Morgan fingerprint density at radius 3 is 1.85 bits per heavy atom. The number of carbonyl (C=O) groups excluding carboxylic acids is 1. The molecule has 0 bridgehead atoms. The van der Waals surface area contributed by atoms with Crippen molar-refractivity contribution in [1.29, 1.82) is 0 Å². The maximum atomic E-state index is 11.9. The molecule has 1 unspecified atom stereocenters. The summed E-state index contributed by atoms with van der Waals surface area (Å²) < 4.78 is 0.689. The number of quaternary nitrogens is 1. The molecule has 0 aliphatic heterocycles. The molecule has 1 atom stereocenters. The summed E-state index contributed by atoms with van der Waals surface area (Å²) in [5, 5.41) is 9.93. The summed E-state index contributed by atoms with van der Waals surface area (Å²) in [7, 11) is 6.68. The van der Waals surface area contributed by atoms with Gasteiger partial charge >= 0.3 is 0 Å². The van der Waals surface area contributed by atoms with Crippen LogP contribution in [0.3, 0.4) is 0 Å². The van der Waals surface area contributed by atoms with Gasteiger partial charge in [0.15, 0.2) is 0 Å². The van der Waals surface area contributed by atoms with Crippen molar-refractivity contribution in [2.75, 3.05) is 27.7 Å². The van der Waals surface area contributed by atoms with E-state index >= 15 is 0 Å². The van der Waals surface area contributed by atoms with E-state index in [1.54, 1.807) is 0 Å². The Morgan fingerprint density at radius 2 is 1.33 bits per heavy atom. The number of allylic oxidation sites excluding steroid dienone is 2. The standard InChI is InChI=1S/C23H46NO2P/c1-5-6-7-8-9-10-11-12-13-14-15-16-17-18-19-20-22(25)27-23(26)21-24(2,3)4/h12-13,23,26H,5-11,14-21H2,1-4H3/b13-12-. The number of hydrogen-bond donors (Lipinski definition) is 1. The van der Waals surface area contributed by atoms with Crippen LogP contribution in [-0.2, 0) is 4.79 Å². The zero-order valence-corrected chi connectivity index (χ0v) is 19.5. The molecule has 0 saturated heterocycles. The predicted molar refractivity (Wildman–Crippen MR) is 120 cm³/mol. The lowest BCUT2D eigenvalue weighted by molar-refractivity contribution is -0.871. The summed E-state index contributed by atoms with van der Waals surface area (Å²) in [6, 6.07) is 0. The van der Waals surface area contributed by atoms with Gasteiger partial charge in [0, 0.05) is 0 Å². The van der Waals surface area contributed by atoms with E-state index in [9.17, 15) is 9.90 Å². The van der Waals surface area contributed by atoms with E-state index in [-0.39, 0.29) is 5.52 Å². The predicted octanol–water partition coefficient (Wildman–Crippen LogP) is 6.52. The fourth-order valence-electron chi connectivity index (χ4n) is 3.11. The second-order valence-electron chi connectivity index (χ2n) is 8.81. The quantitative estimate of drug-likeness (QED) is 0.116. The van der Waals surface area contributed by atoms with Gasteiger partial charge in [-0.2, -0.15) is 0 Å². The SMILES string of the molecule is CCCCCCCC/C=C\CCCCCCCC(=O)[P-]C(O)C[N+](C)(C)C. The van der Waals surface area contributed by atoms with Gasteiger partial charge in [-0.05, 0) is 49.9 Å². The van der Waals surface area contributed by atoms with Gasteiger partial charge in [-0.25, -0.2) is 0 Å². The summed E-state index contributed by atoms with van der Waals surface area (Å²) in [5.41, 5.74) is 0.188. The lowest BCUT2D eigenvalue weighted by atomic mass is 10.1. The Morgan fingerprint density at radius 1 is 0.852 bits per heavy atom. The molecule has 0 rings (SSSR count). The Balaban J connectivity index is 3.37. The Labute approximate surface area is 171 Å². The second-order valence-corrected chi connectivity index (χ2v) is 10.2. The van der Waals surface area contributed by atoms with Gasteiger partial charge in [0.2, 0.25) is 0 Å². The minimum Gasteiger partial charge on any atom is -0.427 e. The highest BCUT2D eigenvalue weighted by Gasteiger charge is 2.09. The molecular formula is C23H46NO2P. The fourth-order valence-corrected chi connectivity index (χ4v) is 4.30. The first-order valence-electron chi connectivity index (χ1n) is 11.2. The van der Waals surface area contributed by atoms with E-state index in [0.717, 1.165) is 12.8 Å². The average Bonchev–Trinajstić information content (AvgIpc) is 2.56. The number of nitrogens with zero attached hydrogens (tertiary/aromatic N) is 1. The van der Waals surface area contributed by atoms with Crippen molar-refractivity contribution >= 4 is 14.1 Å². The molecule has 27 heavy (non-hydrogen) atoms. The highest BCUT2D eigenvalue weighted by Crippen LogP contribution is 2.23. The smallest absolute Gasteiger partial charge is 0.0774 e. The second kappa shape index (κ2) is 17.8. The molecule has 0 spiro atoms. The van der Waals surface area contributed by atoms with Crippen LogP contribution in [0.2, 0.25) is 0 Å². The number of likely N-dealkylation sites (N-methyl/N-ethyl adjacent to an activating group) is 1. The van der Waals surface area contributed by atoms with Crippen LogP contribution >= 0.6 is 8.58 Å². The van der Waals surface area contributed by atoms with E-state index in [0.29, 0.717) is 26.0 Å². The van der Waals surface area contributed by atoms with Gasteiger partial charge in [0.25, 0.3) is 0 Å². The monoisotopic (exact) mass is 399 g/mol. The van der Waals surface area contributed by atoms with Gasteiger partial charge in [-0.15, -0.1) is 0 Å². The summed E-state index contributed by atoms with van der Waals surface area (Å²) >= 11 is 0. The molecule has 0 aromatic rings. The number of aliphatic hydroxyl groups excluding tert-OH is 1. The molecular weight excluding hydrogens is 353 g/mol. The first-order valence-corrected chi connectivity index (χ1v) is 12.2. The molecule has 160 valence electrons. The van der Waals surface area contributed by atoms with E-state index < -0.39 is 5.85 Å². The normalized spacial score (nSPS) is 13.8. The molecule has 1 N–H and O–H groups in total. The number of unbranched alkanes of at least 4 members (excludes halogenated alkanes) is 11. The van der Waals surface area contributed by atoms with Gasteiger partial charge in [0.05, 0.1) is 27.7 Å². The van der Waals surface area contributed by atoms with Crippen molar-refractivity contribution in [2.24, 2.45) is 0 Å². The van der Waals surface area contributed by atoms with Crippen molar-refractivity contribution in [3.63, 3.8) is 0 Å². The number of aliphatic hydroxyl groups is 1. The van der Waals surface area contributed by atoms with E-state index in [1.807, 2.05) is 21.1 Å². The molecule has 0 aromatic heterocycles. The Hall–Kier alpha value is -0.240. The third-order valence-corrected chi connectivity index (χ3v) is 5.63. The van der Waals surface area contributed by atoms with Crippen molar-refractivity contribution in [3.05, 3.63) is 12.2 Å². The summed E-state index contributed by atoms with van der Waals surface area (Å²) in [5.74, 6) is -0.527. The molecule has 0 heterocycles. The molecule has 0 fully saturated rings. The topological polar surface area (TPSA) is 37.3 Å². The molecule has 0 aliphatic carbocycles. The molecule has 0 saturated carbocycles. The van der Waals surface area contributed by atoms with E-state index in [1.165, 1.54) is 70.6 Å². The maximum absolute atomic E-state index is 11.9. The van der Waals surface area contributed by atoms with Gasteiger partial charge in [-0.3, -0.25) is 0 Å². The number of rotatable bonds is 19. The summed E-state index contributed by atoms with van der Waals surface area (Å²) in [4.78, 5) is 11.9. The molecule has 0 radical (unpaired) electrons. The number of hydrogen-bond acceptors (Lipinski definition) is 2. The van der Waals surface area contributed by atoms with Crippen LogP contribution in [0.15, 0.2) is 12.2 Å². The van der Waals surface area contributed by atoms with Crippen LogP contribution in [0.1, 0.15) is 96.8 Å². The first-order chi connectivity index (χ1) is 12.8. The van der Waals surface area contributed by atoms with Crippen LogP contribution in [0, 0.1) is 0 Å². The molecule has 3 nitrogen and oxygen atoms in total. The van der Waals surface area contributed by atoms with Gasteiger partial charge in [-0.1, -0.05) is 70.4 Å². The first kappa shape index (κ1) is 26.8. The third kappa shape index (κ3) is 21.9. The lowest BCUT2D eigenvalue weighted by Crippen LogP contribution is -2.40. The Kier molecular flexibility index (Phi) is 17.7. The highest BCUT2D eigenvalue weighted by molar-refractivity contribution is 7.58. The average molecular weight is 400 g/mol. The molecule has 0 aromatic carbocycles. The fraction of sp³-hybridized carbons (Fsp3) is 0.870. The van der Waals surface area contributed by atoms with Crippen LogP contribution in [-0.4, -0.2) is 48.6 Å². The van der Waals surface area contributed by atoms with Crippen LogP contribution in [0.5, 0.6) is 0 Å². The van der Waals surface area contributed by atoms with Gasteiger partial charge in [0.1, 0.15) is 0 Å². The van der Waals surface area contributed by atoms with Crippen LogP contribution in [0.4, 0.5) is 0 Å². The van der Waals surface area contributed by atoms with Crippen molar-refractivity contribution < 1.29 is 14.4 Å².